The van der Waals surface area contributed by atoms with Gasteiger partial charge in [0.2, 0.25) is 0 Å². The highest BCUT2D eigenvalue weighted by molar-refractivity contribution is 6.49. The number of benzene rings is 1. The third-order valence-electron chi connectivity index (χ3n) is 2.13. The molecule has 72 valence electrons. The van der Waals surface area contributed by atoms with Crippen LogP contribution < -0.4 is 0 Å². The fourth-order valence-corrected chi connectivity index (χ4v) is 1.47. The zero-order valence-corrected chi connectivity index (χ0v) is 9.31. The van der Waals surface area contributed by atoms with Crippen molar-refractivity contribution in [2.75, 3.05) is 0 Å². The van der Waals surface area contributed by atoms with Crippen molar-refractivity contribution in [1.29, 1.82) is 5.26 Å². The van der Waals surface area contributed by atoms with Crippen LogP contribution in [0.2, 0.25) is 0 Å². The van der Waals surface area contributed by atoms with Crippen molar-refractivity contribution in [2.24, 2.45) is 0 Å². The Bertz CT molecular complexity index is 424. The van der Waals surface area contributed by atoms with Crippen LogP contribution in [-0.4, -0.2) is 0 Å². The SMILES string of the molecule is C/C(C#N)=C(/Cl)c1cc(C)ccc1C. The molecule has 0 radical (unpaired) electrons. The lowest BCUT2D eigenvalue weighted by Gasteiger charge is -2.06. The third-order valence-corrected chi connectivity index (χ3v) is 2.61. The average Bonchev–Trinajstić information content (AvgIpc) is 2.19. The molecule has 0 saturated carbocycles. The molecule has 0 saturated heterocycles. The van der Waals surface area contributed by atoms with Crippen LogP contribution in [0.15, 0.2) is 23.8 Å². The van der Waals surface area contributed by atoms with E-state index in [9.17, 15) is 0 Å². The summed E-state index contributed by atoms with van der Waals surface area (Å²) in [4.78, 5) is 0. The van der Waals surface area contributed by atoms with E-state index in [1.165, 1.54) is 0 Å². The van der Waals surface area contributed by atoms with E-state index in [1.54, 1.807) is 6.92 Å². The number of nitriles is 1. The standard InChI is InChI=1S/C12H12ClN/c1-8-4-5-9(2)11(6-8)12(13)10(3)7-14/h4-6H,1-3H3/b12-10-. The third kappa shape index (κ3) is 2.16. The molecule has 0 atom stereocenters. The molecule has 0 heterocycles. The Kier molecular flexibility index (Phi) is 3.33. The topological polar surface area (TPSA) is 23.8 Å². The van der Waals surface area contributed by atoms with Gasteiger partial charge in [-0.25, -0.2) is 0 Å². The van der Waals surface area contributed by atoms with Gasteiger partial charge < -0.3 is 0 Å². The molecule has 1 aromatic rings. The van der Waals surface area contributed by atoms with E-state index in [4.69, 9.17) is 16.9 Å². The first kappa shape index (κ1) is 10.8. The van der Waals surface area contributed by atoms with Crippen molar-refractivity contribution in [3.05, 3.63) is 40.5 Å². The molecule has 0 aliphatic rings. The summed E-state index contributed by atoms with van der Waals surface area (Å²) in [7, 11) is 0. The lowest BCUT2D eigenvalue weighted by molar-refractivity contribution is 1.36. The van der Waals surface area contributed by atoms with Crippen molar-refractivity contribution in [2.45, 2.75) is 20.8 Å². The first-order chi connectivity index (χ1) is 6.56. The Labute approximate surface area is 89.6 Å². The molecule has 0 bridgehead atoms. The monoisotopic (exact) mass is 205 g/mol. The van der Waals surface area contributed by atoms with Gasteiger partial charge in [-0.05, 0) is 31.9 Å². The van der Waals surface area contributed by atoms with Crippen LogP contribution in [0.3, 0.4) is 0 Å². The van der Waals surface area contributed by atoms with Gasteiger partial charge >= 0.3 is 0 Å². The second kappa shape index (κ2) is 4.30. The number of allylic oxidation sites excluding steroid dienone is 1. The number of nitrogens with zero attached hydrogens (tertiary/aromatic N) is 1. The normalized spacial score (nSPS) is 11.9. The predicted octanol–water partition coefficient (Wildman–Crippen LogP) is 3.80. The Hall–Kier alpha value is -1.26. The highest BCUT2D eigenvalue weighted by Gasteiger charge is 2.05. The second-order valence-corrected chi connectivity index (χ2v) is 3.75. The molecule has 0 fully saturated rings. The van der Waals surface area contributed by atoms with E-state index in [2.05, 4.69) is 6.07 Å². The van der Waals surface area contributed by atoms with Gasteiger partial charge in [0.1, 0.15) is 0 Å². The summed E-state index contributed by atoms with van der Waals surface area (Å²) in [5.74, 6) is 0. The van der Waals surface area contributed by atoms with E-state index in [-0.39, 0.29) is 0 Å². The fraction of sp³-hybridized carbons (Fsp3) is 0.250. The molecule has 2 heteroatoms. The van der Waals surface area contributed by atoms with Crippen LogP contribution in [0.4, 0.5) is 0 Å². The van der Waals surface area contributed by atoms with E-state index in [0.717, 1.165) is 16.7 Å². The number of rotatable bonds is 1. The minimum absolute atomic E-state index is 0.550. The first-order valence-corrected chi connectivity index (χ1v) is 4.78. The lowest BCUT2D eigenvalue weighted by Crippen LogP contribution is -1.87. The molecule has 0 unspecified atom stereocenters. The first-order valence-electron chi connectivity index (χ1n) is 4.40. The minimum atomic E-state index is 0.550. The van der Waals surface area contributed by atoms with Crippen LogP contribution in [-0.2, 0) is 0 Å². The highest BCUT2D eigenvalue weighted by atomic mass is 35.5. The van der Waals surface area contributed by atoms with Crippen molar-refractivity contribution >= 4 is 16.6 Å². The van der Waals surface area contributed by atoms with Gasteiger partial charge in [-0.1, -0.05) is 35.4 Å². The highest BCUT2D eigenvalue weighted by Crippen LogP contribution is 2.26. The van der Waals surface area contributed by atoms with E-state index in [0.29, 0.717) is 10.6 Å². The van der Waals surface area contributed by atoms with Crippen molar-refractivity contribution in [3.8, 4) is 6.07 Å². The molecule has 1 aromatic carbocycles. The smallest absolute Gasteiger partial charge is 0.0959 e. The molecule has 0 aromatic heterocycles. The van der Waals surface area contributed by atoms with Crippen LogP contribution in [0, 0.1) is 25.2 Å². The summed E-state index contributed by atoms with van der Waals surface area (Å²) in [6.07, 6.45) is 0. The van der Waals surface area contributed by atoms with Crippen molar-refractivity contribution in [3.63, 3.8) is 0 Å². The largest absolute Gasteiger partial charge is 0.193 e. The second-order valence-electron chi connectivity index (χ2n) is 3.37. The van der Waals surface area contributed by atoms with E-state index in [1.807, 2.05) is 32.0 Å². The van der Waals surface area contributed by atoms with Gasteiger partial charge in [-0.2, -0.15) is 5.26 Å². The Morgan fingerprint density at radius 3 is 2.57 bits per heavy atom. The molecule has 0 aliphatic heterocycles. The number of hydrogen-bond donors (Lipinski definition) is 0. The zero-order valence-electron chi connectivity index (χ0n) is 8.56. The minimum Gasteiger partial charge on any atom is -0.193 e. The molecular weight excluding hydrogens is 194 g/mol. The van der Waals surface area contributed by atoms with Crippen molar-refractivity contribution < 1.29 is 0 Å². The summed E-state index contributed by atoms with van der Waals surface area (Å²) < 4.78 is 0. The maximum Gasteiger partial charge on any atom is 0.0959 e. The average molecular weight is 206 g/mol. The number of hydrogen-bond acceptors (Lipinski definition) is 1. The van der Waals surface area contributed by atoms with Gasteiger partial charge in [0, 0.05) is 5.57 Å². The maximum atomic E-state index is 8.73. The summed E-state index contributed by atoms with van der Waals surface area (Å²) in [5.41, 5.74) is 3.75. The van der Waals surface area contributed by atoms with Gasteiger partial charge in [0.15, 0.2) is 0 Å². The molecule has 14 heavy (non-hydrogen) atoms. The van der Waals surface area contributed by atoms with Crippen LogP contribution >= 0.6 is 11.6 Å². The van der Waals surface area contributed by atoms with E-state index < -0.39 is 0 Å². The van der Waals surface area contributed by atoms with Crippen molar-refractivity contribution in [1.82, 2.24) is 0 Å². The number of aryl methyl sites for hydroxylation is 2. The Morgan fingerprint density at radius 1 is 1.36 bits per heavy atom. The van der Waals surface area contributed by atoms with Crippen LogP contribution in [0.5, 0.6) is 0 Å². The van der Waals surface area contributed by atoms with Gasteiger partial charge in [-0.15, -0.1) is 0 Å². The summed E-state index contributed by atoms with van der Waals surface area (Å²) >= 11 is 6.09. The Balaban J connectivity index is 3.34. The molecular formula is C12H12ClN. The number of halogens is 1. The van der Waals surface area contributed by atoms with Crippen LogP contribution in [0.1, 0.15) is 23.6 Å². The maximum absolute atomic E-state index is 8.73. The zero-order chi connectivity index (χ0) is 10.7. The molecule has 1 rings (SSSR count). The van der Waals surface area contributed by atoms with Gasteiger partial charge in [-0.3, -0.25) is 0 Å². The molecule has 1 nitrogen and oxygen atoms in total. The molecule has 0 spiro atoms. The Morgan fingerprint density at radius 2 is 2.00 bits per heavy atom. The molecule has 0 aliphatic carbocycles. The summed E-state index contributed by atoms with van der Waals surface area (Å²) in [5, 5.41) is 9.28. The van der Waals surface area contributed by atoms with Gasteiger partial charge in [0.25, 0.3) is 0 Å². The molecule has 0 amide bonds. The fourth-order valence-electron chi connectivity index (χ4n) is 1.22. The lowest BCUT2D eigenvalue weighted by atomic mass is 10.0. The predicted molar refractivity (Wildman–Crippen MR) is 60.0 cm³/mol. The quantitative estimate of drug-likeness (QED) is 0.640. The van der Waals surface area contributed by atoms with Crippen LogP contribution in [0.25, 0.3) is 5.03 Å². The van der Waals surface area contributed by atoms with Gasteiger partial charge in [0.05, 0.1) is 11.1 Å². The molecule has 0 N–H and O–H groups in total. The van der Waals surface area contributed by atoms with E-state index >= 15 is 0 Å². The summed E-state index contributed by atoms with van der Waals surface area (Å²) in [6.45, 7) is 5.72. The summed E-state index contributed by atoms with van der Waals surface area (Å²) in [6, 6.07) is 8.10.